The van der Waals surface area contributed by atoms with Gasteiger partial charge in [-0.2, -0.15) is 0 Å². The normalized spacial score (nSPS) is 12.4. The van der Waals surface area contributed by atoms with Gasteiger partial charge in [0.2, 0.25) is 0 Å². The summed E-state index contributed by atoms with van der Waals surface area (Å²) in [6, 6.07) is 0. The molecule has 0 saturated carbocycles. The second-order valence-corrected chi connectivity index (χ2v) is 8.84. The van der Waals surface area contributed by atoms with Crippen LogP contribution in [0.15, 0.2) is 0 Å². The summed E-state index contributed by atoms with van der Waals surface area (Å²) in [5.41, 5.74) is 0. The van der Waals surface area contributed by atoms with Crippen LogP contribution < -0.4 is 0 Å². The smallest absolute Gasteiger partial charge is 0.303 e. The Balaban J connectivity index is 3.04. The molecule has 0 radical (unpaired) electrons. The van der Waals surface area contributed by atoms with E-state index in [1.165, 1.54) is 116 Å². The Morgan fingerprint density at radius 3 is 1.26 bits per heavy atom. The van der Waals surface area contributed by atoms with Crippen molar-refractivity contribution in [3.63, 3.8) is 0 Å². The second kappa shape index (κ2) is 21.8. The Bertz CT molecular complexity index is 301. The van der Waals surface area contributed by atoms with Crippen LogP contribution >= 0.6 is 0 Å². The zero-order valence-electron chi connectivity index (χ0n) is 18.8. The molecular formula is C25H50O2. The van der Waals surface area contributed by atoms with Gasteiger partial charge in [-0.15, -0.1) is 0 Å². The Hall–Kier alpha value is -0.530. The van der Waals surface area contributed by atoms with Crippen molar-refractivity contribution in [1.29, 1.82) is 0 Å². The van der Waals surface area contributed by atoms with Gasteiger partial charge in [-0.1, -0.05) is 136 Å². The van der Waals surface area contributed by atoms with Crippen molar-refractivity contribution < 1.29 is 9.90 Å². The molecule has 0 bridgehead atoms. The van der Waals surface area contributed by atoms with Crippen molar-refractivity contribution in [3.05, 3.63) is 0 Å². The van der Waals surface area contributed by atoms with Crippen molar-refractivity contribution in [2.45, 2.75) is 149 Å². The maximum atomic E-state index is 10.4. The SMILES string of the molecule is CCC[C@H](C)CCCCCCCCCCCCCCCCCCCC(=O)O. The van der Waals surface area contributed by atoms with Crippen LogP contribution in [0.3, 0.4) is 0 Å². The molecule has 0 aliphatic carbocycles. The molecule has 0 aliphatic heterocycles. The van der Waals surface area contributed by atoms with Crippen molar-refractivity contribution in [2.24, 2.45) is 5.92 Å². The van der Waals surface area contributed by atoms with Crippen LogP contribution in [0.25, 0.3) is 0 Å². The minimum Gasteiger partial charge on any atom is -0.481 e. The number of carboxylic acid groups (broad SMARTS) is 1. The van der Waals surface area contributed by atoms with Gasteiger partial charge in [0.1, 0.15) is 0 Å². The number of hydrogen-bond acceptors (Lipinski definition) is 1. The first-order chi connectivity index (χ1) is 13.2. The van der Waals surface area contributed by atoms with Gasteiger partial charge in [0, 0.05) is 6.42 Å². The van der Waals surface area contributed by atoms with Gasteiger partial charge < -0.3 is 5.11 Å². The van der Waals surface area contributed by atoms with E-state index < -0.39 is 5.97 Å². The summed E-state index contributed by atoms with van der Waals surface area (Å²) in [4.78, 5) is 10.4. The van der Waals surface area contributed by atoms with E-state index in [1.54, 1.807) is 0 Å². The van der Waals surface area contributed by atoms with Crippen LogP contribution in [0, 0.1) is 5.92 Å². The molecule has 2 heteroatoms. The number of rotatable bonds is 22. The van der Waals surface area contributed by atoms with E-state index >= 15 is 0 Å². The van der Waals surface area contributed by atoms with Crippen molar-refractivity contribution in [3.8, 4) is 0 Å². The summed E-state index contributed by atoms with van der Waals surface area (Å²) in [6.45, 7) is 4.71. The highest BCUT2D eigenvalue weighted by molar-refractivity contribution is 5.66. The molecule has 0 spiro atoms. The lowest BCUT2D eigenvalue weighted by Crippen LogP contribution is -1.93. The molecule has 2 nitrogen and oxygen atoms in total. The van der Waals surface area contributed by atoms with Gasteiger partial charge in [0.15, 0.2) is 0 Å². The summed E-state index contributed by atoms with van der Waals surface area (Å²) < 4.78 is 0. The molecule has 0 aromatic carbocycles. The largest absolute Gasteiger partial charge is 0.481 e. The van der Waals surface area contributed by atoms with Crippen molar-refractivity contribution in [1.82, 2.24) is 0 Å². The highest BCUT2D eigenvalue weighted by Gasteiger charge is 2.00. The fourth-order valence-corrected chi connectivity index (χ4v) is 4.06. The van der Waals surface area contributed by atoms with Gasteiger partial charge >= 0.3 is 5.97 Å². The lowest BCUT2D eigenvalue weighted by Gasteiger charge is -2.09. The van der Waals surface area contributed by atoms with Gasteiger partial charge in [0.25, 0.3) is 0 Å². The van der Waals surface area contributed by atoms with E-state index in [2.05, 4.69) is 13.8 Å². The molecule has 162 valence electrons. The molecule has 0 rings (SSSR count). The Kier molecular flexibility index (Phi) is 21.3. The topological polar surface area (TPSA) is 37.3 Å². The molecule has 0 fully saturated rings. The zero-order valence-corrected chi connectivity index (χ0v) is 18.8. The number of carbonyl (C=O) groups is 1. The molecule has 0 unspecified atom stereocenters. The fraction of sp³-hybridized carbons (Fsp3) is 0.960. The van der Waals surface area contributed by atoms with Gasteiger partial charge in [-0.25, -0.2) is 0 Å². The molecule has 27 heavy (non-hydrogen) atoms. The third-order valence-electron chi connectivity index (χ3n) is 5.87. The number of unbranched alkanes of at least 4 members (excludes halogenated alkanes) is 16. The molecular weight excluding hydrogens is 332 g/mol. The second-order valence-electron chi connectivity index (χ2n) is 8.84. The number of hydrogen-bond donors (Lipinski definition) is 1. The third-order valence-corrected chi connectivity index (χ3v) is 5.87. The van der Waals surface area contributed by atoms with E-state index in [0.29, 0.717) is 6.42 Å². The monoisotopic (exact) mass is 382 g/mol. The first-order valence-corrected chi connectivity index (χ1v) is 12.4. The fourth-order valence-electron chi connectivity index (χ4n) is 4.06. The highest BCUT2D eigenvalue weighted by atomic mass is 16.4. The van der Waals surface area contributed by atoms with Gasteiger partial charge in [-0.3, -0.25) is 4.79 Å². The first kappa shape index (κ1) is 26.5. The summed E-state index contributed by atoms with van der Waals surface area (Å²) >= 11 is 0. The lowest BCUT2D eigenvalue weighted by atomic mass is 9.98. The number of aliphatic carboxylic acids is 1. The minimum atomic E-state index is -0.650. The van der Waals surface area contributed by atoms with Crippen LogP contribution in [-0.4, -0.2) is 11.1 Å². The van der Waals surface area contributed by atoms with E-state index in [1.807, 2.05) is 0 Å². The van der Waals surface area contributed by atoms with E-state index in [9.17, 15) is 4.79 Å². The van der Waals surface area contributed by atoms with Crippen molar-refractivity contribution in [2.75, 3.05) is 0 Å². The average molecular weight is 383 g/mol. The molecule has 0 amide bonds. The lowest BCUT2D eigenvalue weighted by molar-refractivity contribution is -0.137. The first-order valence-electron chi connectivity index (χ1n) is 12.4. The summed E-state index contributed by atoms with van der Waals surface area (Å²) in [5.74, 6) is 0.293. The third kappa shape index (κ3) is 23.4. The predicted octanol–water partition coefficient (Wildman–Crippen LogP) is 8.92. The van der Waals surface area contributed by atoms with Crippen molar-refractivity contribution >= 4 is 5.97 Å². The van der Waals surface area contributed by atoms with E-state index in [0.717, 1.165) is 18.8 Å². The summed E-state index contributed by atoms with van der Waals surface area (Å²) in [5, 5.41) is 8.58. The Morgan fingerprint density at radius 1 is 0.593 bits per heavy atom. The van der Waals surface area contributed by atoms with Crippen LogP contribution in [0.1, 0.15) is 149 Å². The summed E-state index contributed by atoms with van der Waals surface area (Å²) in [7, 11) is 0. The van der Waals surface area contributed by atoms with E-state index in [-0.39, 0.29) is 0 Å². The highest BCUT2D eigenvalue weighted by Crippen LogP contribution is 2.17. The zero-order chi connectivity index (χ0) is 20.0. The summed E-state index contributed by atoms with van der Waals surface area (Å²) in [6.07, 6.45) is 27.5. The van der Waals surface area contributed by atoms with Crippen LogP contribution in [0.4, 0.5) is 0 Å². The average Bonchev–Trinajstić information content (AvgIpc) is 2.63. The van der Waals surface area contributed by atoms with Gasteiger partial charge in [0.05, 0.1) is 0 Å². The molecule has 1 N–H and O–H groups in total. The molecule has 0 aromatic rings. The number of carboxylic acids is 1. The Labute approximate surface area is 170 Å². The quantitative estimate of drug-likeness (QED) is 0.190. The standard InChI is InChI=1S/C25H50O2/c1-3-21-24(2)22-19-17-15-13-11-9-7-5-4-6-8-10-12-14-16-18-20-23-25(26)27/h24H,3-23H2,1-2H3,(H,26,27)/t24-/m0/s1. The van der Waals surface area contributed by atoms with Gasteiger partial charge in [-0.05, 0) is 12.3 Å². The van der Waals surface area contributed by atoms with Crippen LogP contribution in [-0.2, 0) is 4.79 Å². The molecule has 0 saturated heterocycles. The van der Waals surface area contributed by atoms with Crippen LogP contribution in [0.5, 0.6) is 0 Å². The Morgan fingerprint density at radius 2 is 0.926 bits per heavy atom. The molecule has 0 aliphatic rings. The molecule has 0 heterocycles. The minimum absolute atomic E-state index is 0.346. The molecule has 1 atom stereocenters. The molecule has 0 aromatic heterocycles. The maximum Gasteiger partial charge on any atom is 0.303 e. The van der Waals surface area contributed by atoms with E-state index in [4.69, 9.17) is 5.11 Å². The van der Waals surface area contributed by atoms with Crippen LogP contribution in [0.2, 0.25) is 0 Å². The predicted molar refractivity (Wildman–Crippen MR) is 119 cm³/mol. The maximum absolute atomic E-state index is 10.4.